The summed E-state index contributed by atoms with van der Waals surface area (Å²) in [6, 6.07) is 29.3. The predicted molar refractivity (Wildman–Crippen MR) is 114 cm³/mol. The van der Waals surface area contributed by atoms with Crippen LogP contribution in [0.2, 0.25) is 0 Å². The lowest BCUT2D eigenvalue weighted by Crippen LogP contribution is -2.87. The molecule has 3 aromatic carbocycles. The summed E-state index contributed by atoms with van der Waals surface area (Å²) in [4.78, 5) is 14.7. The molecule has 0 unspecified atom stereocenters. The Labute approximate surface area is 168 Å². The molecule has 0 saturated heterocycles. The number of quaternary nitrogens is 1. The minimum Gasteiger partial charge on any atom is -0.334 e. The van der Waals surface area contributed by atoms with E-state index >= 15 is 0 Å². The highest BCUT2D eigenvalue weighted by Gasteiger charge is 2.22. The number of likely N-dealkylation sites (N-methyl/N-ethyl adjacent to an activating group) is 1. The summed E-state index contributed by atoms with van der Waals surface area (Å²) in [5, 5.41) is 2.14. The number of hydrogen-bond acceptors (Lipinski definition) is 1. The first kappa shape index (κ1) is 19.8. The van der Waals surface area contributed by atoms with E-state index in [0.717, 1.165) is 5.56 Å². The number of amides is 1. The lowest BCUT2D eigenvalue weighted by molar-refractivity contribution is -0.677. The second-order valence-corrected chi connectivity index (χ2v) is 7.33. The Bertz CT molecular complexity index is 875. The van der Waals surface area contributed by atoms with E-state index < -0.39 is 0 Å². The van der Waals surface area contributed by atoms with Gasteiger partial charge in [0.25, 0.3) is 5.91 Å². The van der Waals surface area contributed by atoms with E-state index in [1.54, 1.807) is 0 Å². The molecule has 0 aliphatic rings. The first-order valence-corrected chi connectivity index (χ1v) is 9.81. The van der Waals surface area contributed by atoms with Gasteiger partial charge in [-0.15, -0.1) is 0 Å². The SMILES string of the molecule is Cc1ccc([C@@H]([NH2+]CC(=O)N(C)[C@@H](C)c2ccccc2)c2ccccc2)cc1. The van der Waals surface area contributed by atoms with Crippen LogP contribution in [0, 0.1) is 6.92 Å². The van der Waals surface area contributed by atoms with Gasteiger partial charge in [0.2, 0.25) is 0 Å². The molecule has 0 bridgehead atoms. The Morgan fingerprint density at radius 2 is 1.32 bits per heavy atom. The molecule has 0 aliphatic heterocycles. The Hall–Kier alpha value is -2.91. The Balaban J connectivity index is 1.72. The summed E-state index contributed by atoms with van der Waals surface area (Å²) >= 11 is 0. The van der Waals surface area contributed by atoms with Crippen LogP contribution >= 0.6 is 0 Å². The summed E-state index contributed by atoms with van der Waals surface area (Å²) < 4.78 is 0. The van der Waals surface area contributed by atoms with Gasteiger partial charge in [-0.3, -0.25) is 4.79 Å². The molecule has 2 atom stereocenters. The van der Waals surface area contributed by atoms with Crippen molar-refractivity contribution in [2.45, 2.75) is 25.9 Å². The van der Waals surface area contributed by atoms with E-state index in [2.05, 4.69) is 79.8 Å². The summed E-state index contributed by atoms with van der Waals surface area (Å²) in [6.07, 6.45) is 0. The van der Waals surface area contributed by atoms with Crippen LogP contribution in [0.25, 0.3) is 0 Å². The maximum atomic E-state index is 12.9. The van der Waals surface area contributed by atoms with Crippen LogP contribution in [-0.4, -0.2) is 24.4 Å². The average molecular weight is 374 g/mol. The van der Waals surface area contributed by atoms with Crippen LogP contribution in [0.15, 0.2) is 84.9 Å². The largest absolute Gasteiger partial charge is 0.334 e. The Morgan fingerprint density at radius 1 is 0.821 bits per heavy atom. The summed E-state index contributed by atoms with van der Waals surface area (Å²) in [5.41, 5.74) is 4.81. The van der Waals surface area contributed by atoms with Gasteiger partial charge in [-0.05, 0) is 19.4 Å². The number of benzene rings is 3. The molecule has 0 heterocycles. The fourth-order valence-corrected chi connectivity index (χ4v) is 3.43. The molecule has 3 aromatic rings. The van der Waals surface area contributed by atoms with E-state index in [9.17, 15) is 4.79 Å². The van der Waals surface area contributed by atoms with Gasteiger partial charge in [0.05, 0.1) is 6.04 Å². The molecule has 0 aromatic heterocycles. The monoisotopic (exact) mass is 373 g/mol. The Kier molecular flexibility index (Phi) is 6.62. The molecular formula is C25H29N2O+. The van der Waals surface area contributed by atoms with Crippen molar-refractivity contribution in [2.24, 2.45) is 0 Å². The van der Waals surface area contributed by atoms with Crippen molar-refractivity contribution < 1.29 is 10.1 Å². The predicted octanol–water partition coefficient (Wildman–Crippen LogP) is 3.87. The van der Waals surface area contributed by atoms with Gasteiger partial charge in [0.15, 0.2) is 6.54 Å². The standard InChI is InChI=1S/C25H28N2O/c1-19-14-16-23(17-15-19)25(22-12-8-5-9-13-22)26-18-24(28)27(3)20(2)21-10-6-4-7-11-21/h4-17,20,25-26H,18H2,1-3H3/p+1/t20-,25-/m0/s1. The van der Waals surface area contributed by atoms with E-state index in [1.807, 2.05) is 36.2 Å². The first-order chi connectivity index (χ1) is 13.6. The van der Waals surface area contributed by atoms with Crippen LogP contribution < -0.4 is 5.32 Å². The average Bonchev–Trinajstić information content (AvgIpc) is 2.75. The number of carbonyl (C=O) groups is 1. The minimum atomic E-state index is 0.0525. The van der Waals surface area contributed by atoms with Crippen molar-refractivity contribution in [1.29, 1.82) is 0 Å². The zero-order valence-electron chi connectivity index (χ0n) is 16.9. The van der Waals surface area contributed by atoms with Crippen molar-refractivity contribution in [1.82, 2.24) is 4.90 Å². The molecule has 0 saturated carbocycles. The molecule has 0 fully saturated rings. The molecule has 3 heteroatoms. The first-order valence-electron chi connectivity index (χ1n) is 9.81. The molecule has 28 heavy (non-hydrogen) atoms. The molecule has 1 amide bonds. The second kappa shape index (κ2) is 9.34. The van der Waals surface area contributed by atoms with Crippen molar-refractivity contribution >= 4 is 5.91 Å². The van der Waals surface area contributed by atoms with Crippen LogP contribution in [0.5, 0.6) is 0 Å². The molecule has 144 valence electrons. The molecule has 3 rings (SSSR count). The number of carbonyl (C=O) groups excluding carboxylic acids is 1. The maximum Gasteiger partial charge on any atom is 0.277 e. The van der Waals surface area contributed by atoms with Gasteiger partial charge < -0.3 is 10.2 Å². The highest BCUT2D eigenvalue weighted by atomic mass is 16.2. The summed E-state index contributed by atoms with van der Waals surface area (Å²) in [5.74, 6) is 0.129. The van der Waals surface area contributed by atoms with Crippen molar-refractivity contribution in [2.75, 3.05) is 13.6 Å². The van der Waals surface area contributed by atoms with Crippen molar-refractivity contribution in [3.63, 3.8) is 0 Å². The van der Waals surface area contributed by atoms with Crippen molar-refractivity contribution in [3.8, 4) is 0 Å². The smallest absolute Gasteiger partial charge is 0.277 e. The van der Waals surface area contributed by atoms with Gasteiger partial charge in [0.1, 0.15) is 6.04 Å². The van der Waals surface area contributed by atoms with Gasteiger partial charge in [-0.1, -0.05) is 90.5 Å². The fourth-order valence-electron chi connectivity index (χ4n) is 3.43. The van der Waals surface area contributed by atoms with Crippen LogP contribution in [-0.2, 0) is 4.79 Å². The maximum absolute atomic E-state index is 12.9. The van der Waals surface area contributed by atoms with E-state index in [1.165, 1.54) is 16.7 Å². The van der Waals surface area contributed by atoms with E-state index in [4.69, 9.17) is 0 Å². The normalized spacial score (nSPS) is 13.0. The zero-order chi connectivity index (χ0) is 19.9. The second-order valence-electron chi connectivity index (χ2n) is 7.33. The highest BCUT2D eigenvalue weighted by Crippen LogP contribution is 2.20. The topological polar surface area (TPSA) is 36.9 Å². The molecule has 0 aliphatic carbocycles. The number of nitrogens with two attached hydrogens (primary N) is 1. The highest BCUT2D eigenvalue weighted by molar-refractivity contribution is 5.77. The quantitative estimate of drug-likeness (QED) is 0.671. The van der Waals surface area contributed by atoms with Crippen LogP contribution in [0.1, 0.15) is 41.3 Å². The van der Waals surface area contributed by atoms with Crippen molar-refractivity contribution in [3.05, 3.63) is 107 Å². The third kappa shape index (κ3) is 4.87. The van der Waals surface area contributed by atoms with Crippen LogP contribution in [0.3, 0.4) is 0 Å². The van der Waals surface area contributed by atoms with Gasteiger partial charge in [-0.25, -0.2) is 0 Å². The van der Waals surface area contributed by atoms with Gasteiger partial charge >= 0.3 is 0 Å². The lowest BCUT2D eigenvalue weighted by atomic mass is 9.98. The zero-order valence-corrected chi connectivity index (χ0v) is 16.9. The molecular weight excluding hydrogens is 344 g/mol. The van der Waals surface area contributed by atoms with Gasteiger partial charge in [0, 0.05) is 18.2 Å². The third-order valence-corrected chi connectivity index (χ3v) is 5.38. The van der Waals surface area contributed by atoms with E-state index in [0.29, 0.717) is 6.54 Å². The van der Waals surface area contributed by atoms with Crippen LogP contribution in [0.4, 0.5) is 0 Å². The number of hydrogen-bond donors (Lipinski definition) is 1. The summed E-state index contributed by atoms with van der Waals surface area (Å²) in [7, 11) is 1.89. The molecule has 2 N–H and O–H groups in total. The number of aryl methyl sites for hydroxylation is 1. The molecule has 0 radical (unpaired) electrons. The number of nitrogens with zero attached hydrogens (tertiary/aromatic N) is 1. The van der Waals surface area contributed by atoms with E-state index in [-0.39, 0.29) is 18.0 Å². The Morgan fingerprint density at radius 3 is 1.89 bits per heavy atom. The lowest BCUT2D eigenvalue weighted by Gasteiger charge is -2.26. The van der Waals surface area contributed by atoms with Gasteiger partial charge in [-0.2, -0.15) is 0 Å². The number of rotatable bonds is 7. The minimum absolute atomic E-state index is 0.0525. The fraction of sp³-hybridized carbons (Fsp3) is 0.240. The molecule has 3 nitrogen and oxygen atoms in total. The molecule has 0 spiro atoms. The summed E-state index contributed by atoms with van der Waals surface area (Å²) in [6.45, 7) is 4.57. The third-order valence-electron chi connectivity index (χ3n) is 5.38.